The van der Waals surface area contributed by atoms with Crippen molar-refractivity contribution in [3.63, 3.8) is 0 Å². The van der Waals surface area contributed by atoms with E-state index in [1.807, 2.05) is 12.1 Å². The Labute approximate surface area is 153 Å². The van der Waals surface area contributed by atoms with Crippen LogP contribution in [0.4, 0.5) is 11.4 Å². The summed E-state index contributed by atoms with van der Waals surface area (Å²) in [7, 11) is 0. The molecule has 126 valence electrons. The zero-order valence-electron chi connectivity index (χ0n) is 14.3. The maximum Gasteiger partial charge on any atom is 0.128 e. The molecule has 0 amide bonds. The first kappa shape index (κ1) is 15.0. The molecular weight excluding hydrogens is 318 g/mol. The Morgan fingerprint density at radius 3 is 2.31 bits per heavy atom. The lowest BCUT2D eigenvalue weighted by Crippen LogP contribution is -2.16. The maximum absolute atomic E-state index is 6.09. The standard InChI is InChI=1S/C24H19NO/c1-2-7-17(8-3-1)18-13-15-19(16-14-18)25-21-10-6-12-23-24(21)20-9-4-5-11-22(20)26-23/h1-16,20,22,25H. The third-order valence-corrected chi connectivity index (χ3v) is 5.02. The van der Waals surface area contributed by atoms with E-state index in [4.69, 9.17) is 4.74 Å². The van der Waals surface area contributed by atoms with Gasteiger partial charge >= 0.3 is 0 Å². The van der Waals surface area contributed by atoms with Gasteiger partial charge in [0, 0.05) is 22.9 Å². The van der Waals surface area contributed by atoms with E-state index in [1.54, 1.807) is 0 Å². The molecule has 1 heterocycles. The summed E-state index contributed by atoms with van der Waals surface area (Å²) in [5.41, 5.74) is 5.89. The molecule has 2 atom stereocenters. The van der Waals surface area contributed by atoms with Crippen molar-refractivity contribution in [3.05, 3.63) is 103 Å². The molecule has 0 spiro atoms. The Hall–Kier alpha value is -3.26. The number of benzene rings is 3. The number of hydrogen-bond acceptors (Lipinski definition) is 2. The van der Waals surface area contributed by atoms with Gasteiger partial charge in [0.05, 0.1) is 0 Å². The molecule has 2 nitrogen and oxygen atoms in total. The molecule has 1 aliphatic heterocycles. The van der Waals surface area contributed by atoms with Gasteiger partial charge in [0.1, 0.15) is 11.9 Å². The monoisotopic (exact) mass is 337 g/mol. The molecule has 0 aromatic heterocycles. The Bertz CT molecular complexity index is 986. The number of anilines is 2. The molecule has 26 heavy (non-hydrogen) atoms. The Morgan fingerprint density at radius 2 is 1.46 bits per heavy atom. The van der Waals surface area contributed by atoms with Gasteiger partial charge in [-0.15, -0.1) is 0 Å². The van der Waals surface area contributed by atoms with Crippen LogP contribution < -0.4 is 10.1 Å². The minimum atomic E-state index is 0.110. The SMILES string of the molecule is C1=CC2Oc3cccc(Nc4ccc(-c5ccccc5)cc4)c3C2C=C1. The van der Waals surface area contributed by atoms with Crippen LogP contribution in [0, 0.1) is 0 Å². The second-order valence-electron chi connectivity index (χ2n) is 6.66. The van der Waals surface area contributed by atoms with E-state index in [-0.39, 0.29) is 12.0 Å². The van der Waals surface area contributed by atoms with E-state index in [2.05, 4.69) is 90.3 Å². The number of hydrogen-bond donors (Lipinski definition) is 1. The van der Waals surface area contributed by atoms with Crippen LogP contribution in [0.5, 0.6) is 5.75 Å². The van der Waals surface area contributed by atoms with E-state index < -0.39 is 0 Å². The molecule has 2 heteroatoms. The molecule has 1 N–H and O–H groups in total. The van der Waals surface area contributed by atoms with Crippen molar-refractivity contribution in [2.24, 2.45) is 0 Å². The molecule has 3 aromatic rings. The van der Waals surface area contributed by atoms with Gasteiger partial charge in [-0.25, -0.2) is 0 Å². The predicted molar refractivity (Wildman–Crippen MR) is 107 cm³/mol. The zero-order chi connectivity index (χ0) is 17.3. The molecule has 0 saturated carbocycles. The number of ether oxygens (including phenoxy) is 1. The van der Waals surface area contributed by atoms with Crippen LogP contribution in [-0.2, 0) is 0 Å². The third kappa shape index (κ3) is 2.60. The fourth-order valence-corrected chi connectivity index (χ4v) is 3.74. The minimum Gasteiger partial charge on any atom is -0.485 e. The largest absolute Gasteiger partial charge is 0.485 e. The highest BCUT2D eigenvalue weighted by Crippen LogP contribution is 2.45. The summed E-state index contributed by atoms with van der Waals surface area (Å²) in [6, 6.07) is 25.2. The summed E-state index contributed by atoms with van der Waals surface area (Å²) < 4.78 is 6.09. The summed E-state index contributed by atoms with van der Waals surface area (Å²) in [6.07, 6.45) is 8.62. The number of nitrogens with one attached hydrogen (secondary N) is 1. The van der Waals surface area contributed by atoms with Crippen LogP contribution in [0.2, 0.25) is 0 Å². The molecule has 0 fully saturated rings. The lowest BCUT2D eigenvalue weighted by Gasteiger charge is -2.16. The highest BCUT2D eigenvalue weighted by atomic mass is 16.5. The van der Waals surface area contributed by atoms with Gasteiger partial charge in [0.2, 0.25) is 0 Å². The maximum atomic E-state index is 6.09. The van der Waals surface area contributed by atoms with Gasteiger partial charge in [-0.2, -0.15) is 0 Å². The molecule has 5 rings (SSSR count). The van der Waals surface area contributed by atoms with Crippen LogP contribution in [-0.4, -0.2) is 6.10 Å². The lowest BCUT2D eigenvalue weighted by atomic mass is 9.91. The Morgan fingerprint density at radius 1 is 0.692 bits per heavy atom. The molecular formula is C24H19NO. The molecule has 2 unspecified atom stereocenters. The number of fused-ring (bicyclic) bond motifs is 3. The smallest absolute Gasteiger partial charge is 0.128 e. The normalized spacial score (nSPS) is 19.5. The van der Waals surface area contributed by atoms with Crippen molar-refractivity contribution in [2.45, 2.75) is 12.0 Å². The first-order valence-corrected chi connectivity index (χ1v) is 8.95. The van der Waals surface area contributed by atoms with E-state index >= 15 is 0 Å². The molecule has 2 aliphatic rings. The van der Waals surface area contributed by atoms with Crippen LogP contribution in [0.15, 0.2) is 97.1 Å². The van der Waals surface area contributed by atoms with Gasteiger partial charge in [0.25, 0.3) is 0 Å². The van der Waals surface area contributed by atoms with Crippen molar-refractivity contribution in [1.82, 2.24) is 0 Å². The summed E-state index contributed by atoms with van der Waals surface area (Å²) in [4.78, 5) is 0. The zero-order valence-corrected chi connectivity index (χ0v) is 14.3. The van der Waals surface area contributed by atoms with Gasteiger partial charge in [-0.05, 0) is 41.5 Å². The third-order valence-electron chi connectivity index (χ3n) is 5.02. The quantitative estimate of drug-likeness (QED) is 0.626. The van der Waals surface area contributed by atoms with Crippen molar-refractivity contribution >= 4 is 11.4 Å². The van der Waals surface area contributed by atoms with Crippen LogP contribution >= 0.6 is 0 Å². The molecule has 0 saturated heterocycles. The summed E-state index contributed by atoms with van der Waals surface area (Å²) in [5, 5.41) is 3.58. The Kier molecular flexibility index (Phi) is 3.60. The average Bonchev–Trinajstić information content (AvgIpc) is 3.09. The van der Waals surface area contributed by atoms with Crippen LogP contribution in [0.3, 0.4) is 0 Å². The summed E-state index contributed by atoms with van der Waals surface area (Å²) in [6.45, 7) is 0. The summed E-state index contributed by atoms with van der Waals surface area (Å²) >= 11 is 0. The summed E-state index contributed by atoms with van der Waals surface area (Å²) in [5.74, 6) is 1.25. The Balaban J connectivity index is 1.44. The van der Waals surface area contributed by atoms with Crippen LogP contribution in [0.25, 0.3) is 11.1 Å². The first-order chi connectivity index (χ1) is 12.9. The van der Waals surface area contributed by atoms with Gasteiger partial charge in [0.15, 0.2) is 0 Å². The van der Waals surface area contributed by atoms with Crippen molar-refractivity contribution in [3.8, 4) is 16.9 Å². The van der Waals surface area contributed by atoms with E-state index in [9.17, 15) is 0 Å². The van der Waals surface area contributed by atoms with Crippen molar-refractivity contribution in [1.29, 1.82) is 0 Å². The predicted octanol–water partition coefficient (Wildman–Crippen LogP) is 6.07. The van der Waals surface area contributed by atoms with Crippen molar-refractivity contribution < 1.29 is 4.74 Å². The van der Waals surface area contributed by atoms with Crippen LogP contribution in [0.1, 0.15) is 11.5 Å². The van der Waals surface area contributed by atoms with Gasteiger partial charge in [-0.1, -0.05) is 66.8 Å². The number of rotatable bonds is 3. The van der Waals surface area contributed by atoms with E-state index in [0.29, 0.717) is 0 Å². The fourth-order valence-electron chi connectivity index (χ4n) is 3.74. The molecule has 0 radical (unpaired) electrons. The van der Waals surface area contributed by atoms with Gasteiger partial charge in [-0.3, -0.25) is 0 Å². The number of allylic oxidation sites excluding steroid dienone is 2. The van der Waals surface area contributed by atoms with Gasteiger partial charge < -0.3 is 10.1 Å². The second kappa shape index (κ2) is 6.23. The lowest BCUT2D eigenvalue weighted by molar-refractivity contribution is 0.269. The fraction of sp³-hybridized carbons (Fsp3) is 0.0833. The highest BCUT2D eigenvalue weighted by Gasteiger charge is 2.33. The van der Waals surface area contributed by atoms with E-state index in [1.165, 1.54) is 16.7 Å². The molecule has 3 aromatic carbocycles. The first-order valence-electron chi connectivity index (χ1n) is 8.95. The topological polar surface area (TPSA) is 21.3 Å². The van der Waals surface area contributed by atoms with E-state index in [0.717, 1.165) is 17.1 Å². The minimum absolute atomic E-state index is 0.110. The average molecular weight is 337 g/mol. The second-order valence-corrected chi connectivity index (χ2v) is 6.66. The highest BCUT2D eigenvalue weighted by molar-refractivity contribution is 5.72. The van der Waals surface area contributed by atoms with Crippen molar-refractivity contribution in [2.75, 3.05) is 5.32 Å². The molecule has 0 bridgehead atoms. The molecule has 1 aliphatic carbocycles.